The van der Waals surface area contributed by atoms with Gasteiger partial charge in [0.05, 0.1) is 11.2 Å². The Labute approximate surface area is 89.5 Å². The lowest BCUT2D eigenvalue weighted by Crippen LogP contribution is -2.38. The van der Waals surface area contributed by atoms with Gasteiger partial charge in [-0.15, -0.1) is 11.3 Å². The van der Waals surface area contributed by atoms with E-state index in [0.29, 0.717) is 0 Å². The van der Waals surface area contributed by atoms with Crippen LogP contribution in [0.3, 0.4) is 0 Å². The van der Waals surface area contributed by atoms with Gasteiger partial charge in [0, 0.05) is 5.38 Å². The predicted octanol–water partition coefficient (Wildman–Crippen LogP) is 2.82. The minimum atomic E-state index is -0.101. The van der Waals surface area contributed by atoms with Crippen LogP contribution in [0.25, 0.3) is 0 Å². The highest BCUT2D eigenvalue weighted by Gasteiger charge is 2.32. The van der Waals surface area contributed by atoms with Gasteiger partial charge in [-0.3, -0.25) is 0 Å². The van der Waals surface area contributed by atoms with Gasteiger partial charge in [-0.25, -0.2) is 4.98 Å². The van der Waals surface area contributed by atoms with Gasteiger partial charge in [-0.1, -0.05) is 26.2 Å². The Bertz CT molecular complexity index is 300. The Morgan fingerprint density at radius 1 is 1.43 bits per heavy atom. The molecule has 2 rings (SSSR count). The van der Waals surface area contributed by atoms with E-state index in [2.05, 4.69) is 17.3 Å². The van der Waals surface area contributed by atoms with Gasteiger partial charge in [0.2, 0.25) is 0 Å². The normalized spacial score (nSPS) is 21.0. The topological polar surface area (TPSA) is 38.9 Å². The Morgan fingerprint density at radius 3 is 2.71 bits per heavy atom. The highest BCUT2D eigenvalue weighted by molar-refractivity contribution is 7.09. The Hall–Kier alpha value is -0.410. The minimum Gasteiger partial charge on any atom is -0.319 e. The van der Waals surface area contributed by atoms with Gasteiger partial charge >= 0.3 is 0 Å². The molecule has 2 nitrogen and oxygen atoms in total. The van der Waals surface area contributed by atoms with Crippen molar-refractivity contribution in [1.29, 1.82) is 0 Å². The van der Waals surface area contributed by atoms with E-state index in [1.807, 2.05) is 0 Å². The van der Waals surface area contributed by atoms with Crippen molar-refractivity contribution in [3.63, 3.8) is 0 Å². The second kappa shape index (κ2) is 3.99. The number of aromatic nitrogens is 1. The number of hydrogen-bond donors (Lipinski definition) is 1. The third-order valence-corrected chi connectivity index (χ3v) is 4.20. The van der Waals surface area contributed by atoms with E-state index in [9.17, 15) is 0 Å². The maximum Gasteiger partial charge on any atom is 0.113 e. The van der Waals surface area contributed by atoms with E-state index >= 15 is 0 Å². The monoisotopic (exact) mass is 210 g/mol. The van der Waals surface area contributed by atoms with Gasteiger partial charge in [-0.05, 0) is 19.3 Å². The maximum atomic E-state index is 6.40. The quantitative estimate of drug-likeness (QED) is 0.815. The van der Waals surface area contributed by atoms with Gasteiger partial charge in [0.15, 0.2) is 0 Å². The van der Waals surface area contributed by atoms with Crippen LogP contribution in [0.1, 0.15) is 49.7 Å². The summed E-state index contributed by atoms with van der Waals surface area (Å²) in [5.74, 6) is 0. The van der Waals surface area contributed by atoms with Crippen LogP contribution in [0.2, 0.25) is 0 Å². The molecule has 1 aliphatic carbocycles. The van der Waals surface area contributed by atoms with Gasteiger partial charge < -0.3 is 5.73 Å². The first-order valence-corrected chi connectivity index (χ1v) is 6.36. The molecule has 0 spiro atoms. The Balaban J connectivity index is 2.19. The average Bonchev–Trinajstić information content (AvgIpc) is 2.67. The van der Waals surface area contributed by atoms with Crippen molar-refractivity contribution in [2.24, 2.45) is 5.73 Å². The third-order valence-electron chi connectivity index (χ3n) is 3.09. The van der Waals surface area contributed by atoms with Gasteiger partial charge in [0.25, 0.3) is 0 Å². The SMILES string of the molecule is CCc1csc(C2(N)CCCCC2)n1. The smallest absolute Gasteiger partial charge is 0.113 e. The van der Waals surface area contributed by atoms with E-state index in [1.165, 1.54) is 25.0 Å². The molecule has 1 aliphatic rings. The molecule has 0 saturated heterocycles. The Morgan fingerprint density at radius 2 is 2.14 bits per heavy atom. The van der Waals surface area contributed by atoms with E-state index in [4.69, 9.17) is 5.73 Å². The standard InChI is InChI=1S/C11H18N2S/c1-2-9-8-14-10(13-9)11(12)6-4-3-5-7-11/h8H,2-7,12H2,1H3. The zero-order chi connectivity index (χ0) is 10.0. The van der Waals surface area contributed by atoms with Gasteiger partial charge in [0.1, 0.15) is 5.01 Å². The molecule has 0 bridgehead atoms. The summed E-state index contributed by atoms with van der Waals surface area (Å²) in [6.45, 7) is 2.14. The number of aryl methyl sites for hydroxylation is 1. The van der Waals surface area contributed by atoms with Crippen LogP contribution in [0.5, 0.6) is 0 Å². The van der Waals surface area contributed by atoms with Crippen molar-refractivity contribution in [3.8, 4) is 0 Å². The molecule has 2 N–H and O–H groups in total. The molecule has 3 heteroatoms. The minimum absolute atomic E-state index is 0.101. The highest BCUT2D eigenvalue weighted by Crippen LogP contribution is 2.36. The van der Waals surface area contributed by atoms with Crippen molar-refractivity contribution in [2.75, 3.05) is 0 Å². The van der Waals surface area contributed by atoms with Crippen molar-refractivity contribution in [2.45, 2.75) is 51.0 Å². The van der Waals surface area contributed by atoms with Crippen LogP contribution < -0.4 is 5.73 Å². The van der Waals surface area contributed by atoms with Crippen molar-refractivity contribution >= 4 is 11.3 Å². The molecule has 0 radical (unpaired) electrons. The first kappa shape index (κ1) is 10.1. The van der Waals surface area contributed by atoms with Crippen LogP contribution in [0.15, 0.2) is 5.38 Å². The molecule has 1 aromatic heterocycles. The van der Waals surface area contributed by atoms with Crippen LogP contribution >= 0.6 is 11.3 Å². The highest BCUT2D eigenvalue weighted by atomic mass is 32.1. The summed E-state index contributed by atoms with van der Waals surface area (Å²) >= 11 is 1.74. The maximum absolute atomic E-state index is 6.40. The van der Waals surface area contributed by atoms with Crippen molar-refractivity contribution in [3.05, 3.63) is 16.1 Å². The van der Waals surface area contributed by atoms with E-state index in [0.717, 1.165) is 24.3 Å². The summed E-state index contributed by atoms with van der Waals surface area (Å²) in [6.07, 6.45) is 7.11. The number of nitrogens with two attached hydrogens (primary N) is 1. The third kappa shape index (κ3) is 1.84. The molecule has 0 atom stereocenters. The lowest BCUT2D eigenvalue weighted by Gasteiger charge is -2.31. The van der Waals surface area contributed by atoms with E-state index < -0.39 is 0 Å². The lowest BCUT2D eigenvalue weighted by molar-refractivity contribution is 0.301. The van der Waals surface area contributed by atoms with Crippen molar-refractivity contribution < 1.29 is 0 Å². The van der Waals surface area contributed by atoms with Crippen LogP contribution in [0, 0.1) is 0 Å². The molecule has 1 fully saturated rings. The number of hydrogen-bond acceptors (Lipinski definition) is 3. The second-order valence-corrected chi connectivity index (χ2v) is 5.07. The van der Waals surface area contributed by atoms with Gasteiger partial charge in [-0.2, -0.15) is 0 Å². The Kier molecular flexibility index (Phi) is 2.88. The lowest BCUT2D eigenvalue weighted by atomic mass is 9.83. The number of rotatable bonds is 2. The molecular formula is C11H18N2S. The van der Waals surface area contributed by atoms with Crippen LogP contribution in [-0.2, 0) is 12.0 Å². The first-order chi connectivity index (χ1) is 6.74. The summed E-state index contributed by atoms with van der Waals surface area (Å²) < 4.78 is 0. The molecule has 1 saturated carbocycles. The fourth-order valence-electron chi connectivity index (χ4n) is 2.09. The predicted molar refractivity (Wildman–Crippen MR) is 60.4 cm³/mol. The zero-order valence-electron chi connectivity index (χ0n) is 8.75. The molecular weight excluding hydrogens is 192 g/mol. The summed E-state index contributed by atoms with van der Waals surface area (Å²) in [5.41, 5.74) is 7.49. The largest absolute Gasteiger partial charge is 0.319 e. The molecule has 14 heavy (non-hydrogen) atoms. The molecule has 0 unspecified atom stereocenters. The fourth-order valence-corrected chi connectivity index (χ4v) is 3.17. The van der Waals surface area contributed by atoms with E-state index in [1.54, 1.807) is 11.3 Å². The molecule has 0 aromatic carbocycles. The first-order valence-electron chi connectivity index (χ1n) is 5.48. The summed E-state index contributed by atoms with van der Waals surface area (Å²) in [5, 5.41) is 3.31. The molecule has 1 aromatic rings. The fraction of sp³-hybridized carbons (Fsp3) is 0.727. The summed E-state index contributed by atoms with van der Waals surface area (Å²) in [7, 11) is 0. The summed E-state index contributed by atoms with van der Waals surface area (Å²) in [4.78, 5) is 4.62. The molecule has 0 amide bonds. The second-order valence-electron chi connectivity index (χ2n) is 4.21. The summed E-state index contributed by atoms with van der Waals surface area (Å²) in [6, 6.07) is 0. The number of nitrogens with zero attached hydrogens (tertiary/aromatic N) is 1. The average molecular weight is 210 g/mol. The van der Waals surface area contributed by atoms with Crippen molar-refractivity contribution in [1.82, 2.24) is 4.98 Å². The molecule has 0 aliphatic heterocycles. The van der Waals surface area contributed by atoms with Crippen LogP contribution in [-0.4, -0.2) is 4.98 Å². The zero-order valence-corrected chi connectivity index (χ0v) is 9.57. The van der Waals surface area contributed by atoms with Crippen LogP contribution in [0.4, 0.5) is 0 Å². The van der Waals surface area contributed by atoms with E-state index in [-0.39, 0.29) is 5.54 Å². The molecule has 1 heterocycles. The number of thiazole rings is 1. The molecule has 78 valence electrons.